The van der Waals surface area contributed by atoms with Crippen LogP contribution >= 0.6 is 0 Å². The van der Waals surface area contributed by atoms with Crippen LogP contribution in [0.25, 0.3) is 0 Å². The Morgan fingerprint density at radius 3 is 2.68 bits per heavy atom. The number of ether oxygens (including phenoxy) is 2. The van der Waals surface area contributed by atoms with Crippen LogP contribution in [-0.2, 0) is 14.8 Å². The topological polar surface area (TPSA) is 102 Å². The molecule has 8 heteroatoms. The monoisotopic (exact) mass is 363 g/mol. The first kappa shape index (κ1) is 17.2. The Kier molecular flexibility index (Phi) is 4.91. The van der Waals surface area contributed by atoms with Gasteiger partial charge >= 0.3 is 5.97 Å². The summed E-state index contributed by atoms with van der Waals surface area (Å²) in [5.41, 5.74) is 0.619. The first-order chi connectivity index (χ1) is 12.0. The molecule has 132 valence electrons. The van der Waals surface area contributed by atoms with E-state index in [1.165, 1.54) is 12.1 Å². The summed E-state index contributed by atoms with van der Waals surface area (Å²) in [5.74, 6) is -0.450. The summed E-state index contributed by atoms with van der Waals surface area (Å²) in [6, 6.07) is 12.6. The molecule has 25 heavy (non-hydrogen) atoms. The van der Waals surface area contributed by atoms with Crippen molar-refractivity contribution >= 4 is 16.0 Å². The minimum Gasteiger partial charge on any atom is -0.489 e. The molecule has 0 bridgehead atoms. The standard InChI is InChI=1S/C17H17NO6S/c19-16(20)11-24-15-8-4-7-13-14(9-10-23-17(13)15)18-25(21,22)12-5-2-1-3-6-12/h1-8,14,18H,9-11H2,(H,19,20). The number of carboxylic acids is 1. The van der Waals surface area contributed by atoms with Crippen LogP contribution in [0.1, 0.15) is 18.0 Å². The summed E-state index contributed by atoms with van der Waals surface area (Å²) < 4.78 is 38.6. The van der Waals surface area contributed by atoms with E-state index >= 15 is 0 Å². The highest BCUT2D eigenvalue weighted by molar-refractivity contribution is 7.89. The third kappa shape index (κ3) is 3.92. The van der Waals surface area contributed by atoms with Gasteiger partial charge in [-0.1, -0.05) is 30.3 Å². The molecule has 0 fully saturated rings. The second kappa shape index (κ2) is 7.12. The van der Waals surface area contributed by atoms with Gasteiger partial charge in [-0.25, -0.2) is 17.9 Å². The fraction of sp³-hybridized carbons (Fsp3) is 0.235. The van der Waals surface area contributed by atoms with Crippen molar-refractivity contribution < 1.29 is 27.8 Å². The number of fused-ring (bicyclic) bond motifs is 1. The normalized spacial score (nSPS) is 16.6. The number of sulfonamides is 1. The second-order valence-electron chi connectivity index (χ2n) is 5.48. The number of aliphatic carboxylic acids is 1. The van der Waals surface area contributed by atoms with E-state index in [1.54, 1.807) is 36.4 Å². The molecule has 2 N–H and O–H groups in total. The van der Waals surface area contributed by atoms with Gasteiger partial charge in [0, 0.05) is 12.0 Å². The van der Waals surface area contributed by atoms with E-state index in [2.05, 4.69) is 4.72 Å². The van der Waals surface area contributed by atoms with Crippen LogP contribution in [0.5, 0.6) is 11.5 Å². The molecule has 3 rings (SSSR count). The molecule has 0 aliphatic carbocycles. The molecule has 0 saturated carbocycles. The van der Waals surface area contributed by atoms with Crippen LogP contribution in [-0.4, -0.2) is 32.7 Å². The highest BCUT2D eigenvalue weighted by atomic mass is 32.2. The molecule has 1 aliphatic rings. The third-order valence-electron chi connectivity index (χ3n) is 3.74. The Labute approximate surface area is 145 Å². The molecule has 0 saturated heterocycles. The average molecular weight is 363 g/mol. The van der Waals surface area contributed by atoms with Crippen LogP contribution < -0.4 is 14.2 Å². The minimum absolute atomic E-state index is 0.182. The molecule has 2 aromatic rings. The zero-order chi connectivity index (χ0) is 17.9. The Balaban J connectivity index is 1.87. The predicted octanol–water partition coefficient (Wildman–Crippen LogP) is 1.95. The number of benzene rings is 2. The zero-order valence-electron chi connectivity index (χ0n) is 13.2. The molecule has 0 amide bonds. The van der Waals surface area contributed by atoms with Crippen LogP contribution in [0, 0.1) is 0 Å². The number of nitrogens with one attached hydrogen (secondary N) is 1. The highest BCUT2D eigenvalue weighted by Crippen LogP contribution is 2.39. The van der Waals surface area contributed by atoms with Gasteiger partial charge < -0.3 is 14.6 Å². The Bertz CT molecular complexity index is 866. The van der Waals surface area contributed by atoms with Gasteiger partial charge in [-0.2, -0.15) is 0 Å². The van der Waals surface area contributed by atoms with Gasteiger partial charge in [0.25, 0.3) is 0 Å². The van der Waals surface area contributed by atoms with Crippen molar-refractivity contribution in [2.45, 2.75) is 17.4 Å². The van der Waals surface area contributed by atoms with Gasteiger partial charge in [0.05, 0.1) is 17.5 Å². The summed E-state index contributed by atoms with van der Waals surface area (Å²) >= 11 is 0. The number of carbonyl (C=O) groups is 1. The van der Waals surface area contributed by atoms with Crippen molar-refractivity contribution in [2.24, 2.45) is 0 Å². The average Bonchev–Trinajstić information content (AvgIpc) is 2.61. The molecule has 0 radical (unpaired) electrons. The number of para-hydroxylation sites is 1. The van der Waals surface area contributed by atoms with E-state index in [0.29, 0.717) is 24.3 Å². The first-order valence-corrected chi connectivity index (χ1v) is 9.13. The summed E-state index contributed by atoms with van der Waals surface area (Å²) in [4.78, 5) is 10.9. The van der Waals surface area contributed by atoms with E-state index in [1.807, 2.05) is 0 Å². The number of rotatable bonds is 6. The summed E-state index contributed by atoms with van der Waals surface area (Å²) in [5, 5.41) is 8.75. The van der Waals surface area contributed by atoms with Gasteiger partial charge in [0.15, 0.2) is 18.1 Å². The van der Waals surface area contributed by atoms with Crippen molar-refractivity contribution in [2.75, 3.05) is 13.2 Å². The molecule has 1 unspecified atom stereocenters. The van der Waals surface area contributed by atoms with Gasteiger partial charge in [-0.15, -0.1) is 0 Å². The van der Waals surface area contributed by atoms with Gasteiger partial charge in [0.1, 0.15) is 0 Å². The quantitative estimate of drug-likeness (QED) is 0.813. The third-order valence-corrected chi connectivity index (χ3v) is 5.23. The lowest BCUT2D eigenvalue weighted by atomic mass is 10.0. The van der Waals surface area contributed by atoms with Crippen LogP contribution in [0.15, 0.2) is 53.4 Å². The maximum Gasteiger partial charge on any atom is 0.341 e. The minimum atomic E-state index is -3.68. The zero-order valence-corrected chi connectivity index (χ0v) is 14.0. The summed E-state index contributed by atoms with van der Waals surface area (Å²) in [6.45, 7) is -0.206. The van der Waals surface area contributed by atoms with Gasteiger partial charge in [0.2, 0.25) is 10.0 Å². The molecule has 0 aromatic heterocycles. The van der Waals surface area contributed by atoms with Crippen LogP contribution in [0.4, 0.5) is 0 Å². The maximum absolute atomic E-state index is 12.5. The Morgan fingerprint density at radius 2 is 1.96 bits per heavy atom. The molecule has 7 nitrogen and oxygen atoms in total. The maximum atomic E-state index is 12.5. The van der Waals surface area contributed by atoms with Crippen LogP contribution in [0.2, 0.25) is 0 Å². The van der Waals surface area contributed by atoms with E-state index in [4.69, 9.17) is 14.6 Å². The summed E-state index contributed by atoms with van der Waals surface area (Å²) in [6.07, 6.45) is 0.460. The Hall–Kier alpha value is -2.58. The van der Waals surface area contributed by atoms with Crippen molar-refractivity contribution in [3.05, 3.63) is 54.1 Å². The number of carboxylic acid groups (broad SMARTS) is 1. The van der Waals surface area contributed by atoms with E-state index < -0.39 is 28.6 Å². The van der Waals surface area contributed by atoms with Crippen molar-refractivity contribution in [1.29, 1.82) is 0 Å². The molecular formula is C17H17NO6S. The lowest BCUT2D eigenvalue weighted by Crippen LogP contribution is -2.32. The highest BCUT2D eigenvalue weighted by Gasteiger charge is 2.28. The lowest BCUT2D eigenvalue weighted by molar-refractivity contribution is -0.139. The molecule has 2 aromatic carbocycles. The first-order valence-electron chi connectivity index (χ1n) is 7.65. The van der Waals surface area contributed by atoms with Gasteiger partial charge in [-0.05, 0) is 18.2 Å². The van der Waals surface area contributed by atoms with Gasteiger partial charge in [-0.3, -0.25) is 0 Å². The van der Waals surface area contributed by atoms with E-state index in [0.717, 1.165) is 0 Å². The molecule has 0 spiro atoms. The fourth-order valence-corrected chi connectivity index (χ4v) is 3.90. The fourth-order valence-electron chi connectivity index (χ4n) is 2.63. The number of hydrogen-bond acceptors (Lipinski definition) is 5. The van der Waals surface area contributed by atoms with Crippen LogP contribution in [0.3, 0.4) is 0 Å². The van der Waals surface area contributed by atoms with Crippen molar-refractivity contribution in [1.82, 2.24) is 4.72 Å². The second-order valence-corrected chi connectivity index (χ2v) is 7.19. The Morgan fingerprint density at radius 1 is 1.20 bits per heavy atom. The lowest BCUT2D eigenvalue weighted by Gasteiger charge is -2.27. The summed E-state index contributed by atoms with van der Waals surface area (Å²) in [7, 11) is -3.68. The predicted molar refractivity (Wildman–Crippen MR) is 89.2 cm³/mol. The smallest absolute Gasteiger partial charge is 0.341 e. The molecule has 1 heterocycles. The SMILES string of the molecule is O=C(O)COc1cccc2c1OCCC2NS(=O)(=O)c1ccccc1. The van der Waals surface area contributed by atoms with E-state index in [-0.39, 0.29) is 10.6 Å². The molecular weight excluding hydrogens is 346 g/mol. The number of hydrogen-bond donors (Lipinski definition) is 2. The molecule has 1 aliphatic heterocycles. The van der Waals surface area contributed by atoms with Crippen molar-refractivity contribution in [3.63, 3.8) is 0 Å². The van der Waals surface area contributed by atoms with E-state index in [9.17, 15) is 13.2 Å². The van der Waals surface area contributed by atoms with Crippen molar-refractivity contribution in [3.8, 4) is 11.5 Å². The molecule has 1 atom stereocenters. The largest absolute Gasteiger partial charge is 0.489 e.